The number of carbonyl (C=O) groups excluding carboxylic acids is 2. The molecule has 2 fully saturated rings. The van der Waals surface area contributed by atoms with Gasteiger partial charge in [0, 0.05) is 26.6 Å². The number of likely N-dealkylation sites (tertiary alicyclic amines) is 1. The van der Waals surface area contributed by atoms with Crippen LogP contribution >= 0.6 is 0 Å². The zero-order valence-electron chi connectivity index (χ0n) is 12.6. The smallest absolute Gasteiger partial charge is 0.306 e. The van der Waals surface area contributed by atoms with Crippen LogP contribution < -0.4 is 0 Å². The SMILES string of the molecule is CN(CC(=O)N1CCC(C(=O)O)CC1)C(=O)CCC1CC1. The number of piperidine rings is 1. The highest BCUT2D eigenvalue weighted by Gasteiger charge is 2.28. The molecule has 0 radical (unpaired) electrons. The van der Waals surface area contributed by atoms with Gasteiger partial charge in [0.05, 0.1) is 12.5 Å². The van der Waals surface area contributed by atoms with Crippen molar-refractivity contribution in [1.29, 1.82) is 0 Å². The van der Waals surface area contributed by atoms with Crippen LogP contribution in [-0.2, 0) is 14.4 Å². The van der Waals surface area contributed by atoms with E-state index in [2.05, 4.69) is 0 Å². The molecule has 1 saturated carbocycles. The molecule has 2 aliphatic rings. The minimum atomic E-state index is -0.783. The minimum Gasteiger partial charge on any atom is -0.481 e. The normalized spacial score (nSPS) is 19.4. The van der Waals surface area contributed by atoms with E-state index in [-0.39, 0.29) is 24.3 Å². The molecule has 2 rings (SSSR count). The van der Waals surface area contributed by atoms with E-state index in [4.69, 9.17) is 5.11 Å². The highest BCUT2D eigenvalue weighted by molar-refractivity contribution is 5.84. The van der Waals surface area contributed by atoms with Crippen molar-refractivity contribution < 1.29 is 19.5 Å². The van der Waals surface area contributed by atoms with Gasteiger partial charge in [-0.25, -0.2) is 0 Å². The Morgan fingerprint density at radius 2 is 1.76 bits per heavy atom. The number of aliphatic carboxylic acids is 1. The van der Waals surface area contributed by atoms with Crippen molar-refractivity contribution in [2.45, 2.75) is 38.5 Å². The van der Waals surface area contributed by atoms with E-state index in [0.717, 1.165) is 6.42 Å². The standard InChI is InChI=1S/C15H24N2O4/c1-16(13(18)5-4-11-2-3-11)10-14(19)17-8-6-12(7-9-17)15(20)21/h11-12H,2-10H2,1H3,(H,20,21). The fraction of sp³-hybridized carbons (Fsp3) is 0.800. The lowest BCUT2D eigenvalue weighted by Crippen LogP contribution is -2.45. The Morgan fingerprint density at radius 3 is 2.29 bits per heavy atom. The number of amides is 2. The van der Waals surface area contributed by atoms with Crippen molar-refractivity contribution in [3.63, 3.8) is 0 Å². The van der Waals surface area contributed by atoms with Gasteiger partial charge in [-0.3, -0.25) is 14.4 Å². The van der Waals surface area contributed by atoms with Crippen LogP contribution in [0, 0.1) is 11.8 Å². The Labute approximate surface area is 125 Å². The average molecular weight is 296 g/mol. The first-order valence-electron chi connectivity index (χ1n) is 7.72. The maximum atomic E-state index is 12.1. The summed E-state index contributed by atoms with van der Waals surface area (Å²) in [7, 11) is 1.66. The summed E-state index contributed by atoms with van der Waals surface area (Å²) in [4.78, 5) is 38.1. The van der Waals surface area contributed by atoms with Crippen LogP contribution in [0.1, 0.15) is 38.5 Å². The van der Waals surface area contributed by atoms with E-state index >= 15 is 0 Å². The molecule has 0 aromatic carbocycles. The van der Waals surface area contributed by atoms with Gasteiger partial charge in [-0.15, -0.1) is 0 Å². The molecule has 6 nitrogen and oxygen atoms in total. The number of hydrogen-bond acceptors (Lipinski definition) is 3. The topological polar surface area (TPSA) is 77.9 Å². The predicted molar refractivity (Wildman–Crippen MR) is 76.5 cm³/mol. The van der Waals surface area contributed by atoms with Crippen LogP contribution in [0.3, 0.4) is 0 Å². The van der Waals surface area contributed by atoms with Gasteiger partial charge in [0.15, 0.2) is 0 Å². The molecule has 0 spiro atoms. The molecule has 0 aromatic heterocycles. The lowest BCUT2D eigenvalue weighted by atomic mass is 9.97. The van der Waals surface area contributed by atoms with Crippen LogP contribution in [0.4, 0.5) is 0 Å². The lowest BCUT2D eigenvalue weighted by molar-refractivity contribution is -0.146. The maximum absolute atomic E-state index is 12.1. The van der Waals surface area contributed by atoms with Crippen molar-refractivity contribution in [3.8, 4) is 0 Å². The van der Waals surface area contributed by atoms with Crippen LogP contribution in [0.25, 0.3) is 0 Å². The van der Waals surface area contributed by atoms with Gasteiger partial charge in [-0.05, 0) is 25.2 Å². The largest absolute Gasteiger partial charge is 0.481 e. The predicted octanol–water partition coefficient (Wildman–Crippen LogP) is 0.958. The lowest BCUT2D eigenvalue weighted by Gasteiger charge is -2.31. The number of carboxylic acids is 1. The number of nitrogens with zero attached hydrogens (tertiary/aromatic N) is 2. The van der Waals surface area contributed by atoms with Crippen molar-refractivity contribution in [2.75, 3.05) is 26.7 Å². The molecule has 21 heavy (non-hydrogen) atoms. The maximum Gasteiger partial charge on any atom is 0.306 e. The third kappa shape index (κ3) is 4.72. The summed E-state index contributed by atoms with van der Waals surface area (Å²) in [5.41, 5.74) is 0. The van der Waals surface area contributed by atoms with Gasteiger partial charge in [-0.1, -0.05) is 12.8 Å². The molecule has 0 atom stereocenters. The molecule has 1 saturated heterocycles. The first-order chi connectivity index (χ1) is 9.97. The Balaban J connectivity index is 1.70. The number of rotatable bonds is 6. The summed E-state index contributed by atoms with van der Waals surface area (Å²) in [5.74, 6) is -0.466. The van der Waals surface area contributed by atoms with Crippen molar-refractivity contribution in [2.24, 2.45) is 11.8 Å². The van der Waals surface area contributed by atoms with E-state index in [1.807, 2.05) is 0 Å². The first-order valence-corrected chi connectivity index (χ1v) is 7.72. The molecular weight excluding hydrogens is 272 g/mol. The van der Waals surface area contributed by atoms with Crippen LogP contribution in [0.5, 0.6) is 0 Å². The fourth-order valence-electron chi connectivity index (χ4n) is 2.69. The van der Waals surface area contributed by atoms with E-state index in [0.29, 0.717) is 38.3 Å². The van der Waals surface area contributed by atoms with E-state index in [9.17, 15) is 14.4 Å². The number of likely N-dealkylation sites (N-methyl/N-ethyl adjacent to an activating group) is 1. The molecule has 0 aromatic rings. The molecule has 1 aliphatic carbocycles. The van der Waals surface area contributed by atoms with Crippen molar-refractivity contribution in [3.05, 3.63) is 0 Å². The Kier molecular flexibility index (Phi) is 5.20. The monoisotopic (exact) mass is 296 g/mol. The molecule has 118 valence electrons. The summed E-state index contributed by atoms with van der Waals surface area (Å²) in [6.07, 6.45) is 4.92. The van der Waals surface area contributed by atoms with Gasteiger partial charge in [0.25, 0.3) is 0 Å². The van der Waals surface area contributed by atoms with Gasteiger partial charge < -0.3 is 14.9 Å². The molecule has 0 bridgehead atoms. The van der Waals surface area contributed by atoms with Gasteiger partial charge in [0.2, 0.25) is 11.8 Å². The second kappa shape index (κ2) is 6.91. The highest BCUT2D eigenvalue weighted by Crippen LogP contribution is 2.33. The van der Waals surface area contributed by atoms with Gasteiger partial charge >= 0.3 is 5.97 Å². The van der Waals surface area contributed by atoms with Crippen LogP contribution in [0.2, 0.25) is 0 Å². The minimum absolute atomic E-state index is 0.0238. The summed E-state index contributed by atoms with van der Waals surface area (Å²) in [6, 6.07) is 0. The van der Waals surface area contributed by atoms with Gasteiger partial charge in [0.1, 0.15) is 0 Å². The summed E-state index contributed by atoms with van der Waals surface area (Å²) in [5, 5.41) is 8.93. The zero-order chi connectivity index (χ0) is 15.4. The molecule has 6 heteroatoms. The second-order valence-corrected chi connectivity index (χ2v) is 6.23. The van der Waals surface area contributed by atoms with Crippen LogP contribution in [0.15, 0.2) is 0 Å². The summed E-state index contributed by atoms with van der Waals surface area (Å²) < 4.78 is 0. The molecule has 1 N–H and O–H groups in total. The molecule has 1 heterocycles. The number of carbonyl (C=O) groups is 3. The Bertz CT molecular complexity index is 412. The number of hydrogen-bond donors (Lipinski definition) is 1. The van der Waals surface area contributed by atoms with Gasteiger partial charge in [-0.2, -0.15) is 0 Å². The molecule has 1 aliphatic heterocycles. The third-order valence-electron chi connectivity index (χ3n) is 4.46. The number of carboxylic acid groups (broad SMARTS) is 1. The van der Waals surface area contributed by atoms with Crippen LogP contribution in [-0.4, -0.2) is 59.4 Å². The molecular formula is C15H24N2O4. The van der Waals surface area contributed by atoms with Crippen molar-refractivity contribution in [1.82, 2.24) is 9.80 Å². The summed E-state index contributed by atoms with van der Waals surface area (Å²) in [6.45, 7) is 1.04. The van der Waals surface area contributed by atoms with E-state index in [1.54, 1.807) is 11.9 Å². The van der Waals surface area contributed by atoms with E-state index < -0.39 is 5.97 Å². The highest BCUT2D eigenvalue weighted by atomic mass is 16.4. The molecule has 2 amide bonds. The Morgan fingerprint density at radius 1 is 1.14 bits per heavy atom. The summed E-state index contributed by atoms with van der Waals surface area (Å²) >= 11 is 0. The zero-order valence-corrected chi connectivity index (χ0v) is 12.6. The average Bonchev–Trinajstić information content (AvgIpc) is 3.28. The molecule has 0 unspecified atom stereocenters. The quantitative estimate of drug-likeness (QED) is 0.792. The van der Waals surface area contributed by atoms with E-state index in [1.165, 1.54) is 17.7 Å². The second-order valence-electron chi connectivity index (χ2n) is 6.23. The van der Waals surface area contributed by atoms with Crippen molar-refractivity contribution >= 4 is 17.8 Å². The fourth-order valence-corrected chi connectivity index (χ4v) is 2.69. The Hall–Kier alpha value is -1.59. The first kappa shape index (κ1) is 15.8. The third-order valence-corrected chi connectivity index (χ3v) is 4.46.